The van der Waals surface area contributed by atoms with Gasteiger partial charge in [0.05, 0.1) is 11.4 Å². The molecule has 3 atom stereocenters. The van der Waals surface area contributed by atoms with Crippen LogP contribution in [-0.4, -0.2) is 12.7 Å². The predicted molar refractivity (Wildman–Crippen MR) is 88.4 cm³/mol. The maximum atomic E-state index is 12.7. The molecular formula is C18H24N2O3. The molecule has 2 aliphatic carbocycles. The van der Waals surface area contributed by atoms with Crippen LogP contribution in [0, 0.1) is 17.8 Å². The summed E-state index contributed by atoms with van der Waals surface area (Å²) in [5, 5.41) is 3.01. The molecule has 1 aromatic carbocycles. The number of hydrogen-bond donors (Lipinski definition) is 2. The second kappa shape index (κ2) is 5.95. The van der Waals surface area contributed by atoms with Gasteiger partial charge in [-0.05, 0) is 31.1 Å². The van der Waals surface area contributed by atoms with Crippen molar-refractivity contribution >= 4 is 17.3 Å². The van der Waals surface area contributed by atoms with Crippen LogP contribution in [0.15, 0.2) is 12.1 Å². The van der Waals surface area contributed by atoms with Crippen LogP contribution >= 0.6 is 0 Å². The van der Waals surface area contributed by atoms with Crippen molar-refractivity contribution in [1.82, 2.24) is 0 Å². The van der Waals surface area contributed by atoms with Crippen molar-refractivity contribution in [3.8, 4) is 11.5 Å². The SMILES string of the molecule is Nc1cc2c(cc1NC(=O)C1CCC3CCCCC3C1)OCO2. The number of fused-ring (bicyclic) bond motifs is 2. The summed E-state index contributed by atoms with van der Waals surface area (Å²) < 4.78 is 10.7. The fraction of sp³-hybridized carbons (Fsp3) is 0.611. The van der Waals surface area contributed by atoms with Crippen molar-refractivity contribution < 1.29 is 14.3 Å². The van der Waals surface area contributed by atoms with Crippen molar-refractivity contribution in [3.05, 3.63) is 12.1 Å². The third-order valence-electron chi connectivity index (χ3n) is 5.71. The highest BCUT2D eigenvalue weighted by Gasteiger charge is 2.35. The van der Waals surface area contributed by atoms with E-state index in [-0.39, 0.29) is 18.6 Å². The summed E-state index contributed by atoms with van der Waals surface area (Å²) in [6.45, 7) is 0.206. The first-order chi connectivity index (χ1) is 11.2. The lowest BCUT2D eigenvalue weighted by molar-refractivity contribution is -0.122. The van der Waals surface area contributed by atoms with Gasteiger partial charge >= 0.3 is 0 Å². The van der Waals surface area contributed by atoms with Crippen molar-refractivity contribution in [2.24, 2.45) is 17.8 Å². The minimum atomic E-state index is 0.0968. The van der Waals surface area contributed by atoms with Crippen molar-refractivity contribution in [2.45, 2.75) is 44.9 Å². The van der Waals surface area contributed by atoms with Gasteiger partial charge in [0.1, 0.15) is 0 Å². The van der Waals surface area contributed by atoms with Crippen molar-refractivity contribution in [1.29, 1.82) is 0 Å². The van der Waals surface area contributed by atoms with Crippen LogP contribution in [0.25, 0.3) is 0 Å². The number of carbonyl (C=O) groups excluding carboxylic acids is 1. The Balaban J connectivity index is 1.44. The highest BCUT2D eigenvalue weighted by atomic mass is 16.7. The number of carbonyl (C=O) groups is 1. The Kier molecular flexibility index (Phi) is 3.79. The normalized spacial score (nSPS) is 29.0. The zero-order valence-electron chi connectivity index (χ0n) is 13.3. The quantitative estimate of drug-likeness (QED) is 0.818. The average molecular weight is 316 g/mol. The van der Waals surface area contributed by atoms with E-state index in [4.69, 9.17) is 15.2 Å². The lowest BCUT2D eigenvalue weighted by atomic mass is 9.67. The first-order valence-corrected chi connectivity index (χ1v) is 8.70. The van der Waals surface area contributed by atoms with Crippen molar-refractivity contribution in [2.75, 3.05) is 17.8 Å². The summed E-state index contributed by atoms with van der Waals surface area (Å²) >= 11 is 0. The van der Waals surface area contributed by atoms with Gasteiger partial charge in [-0.15, -0.1) is 0 Å². The minimum absolute atomic E-state index is 0.0968. The fourth-order valence-electron chi connectivity index (χ4n) is 4.41. The number of nitrogen functional groups attached to an aromatic ring is 1. The standard InChI is InChI=1S/C18H24N2O3/c19-14-8-16-17(23-10-22-16)9-15(14)20-18(21)13-6-5-11-3-1-2-4-12(11)7-13/h8-9,11-13H,1-7,10,19H2,(H,20,21). The minimum Gasteiger partial charge on any atom is -0.454 e. The second-order valence-electron chi connectivity index (χ2n) is 7.10. The highest BCUT2D eigenvalue weighted by Crippen LogP contribution is 2.43. The van der Waals surface area contributed by atoms with Gasteiger partial charge in [-0.2, -0.15) is 0 Å². The highest BCUT2D eigenvalue weighted by molar-refractivity contribution is 5.96. The van der Waals surface area contributed by atoms with Gasteiger partial charge in [-0.1, -0.05) is 25.7 Å². The summed E-state index contributed by atoms with van der Waals surface area (Å²) in [7, 11) is 0. The molecule has 3 N–H and O–H groups in total. The number of nitrogens with two attached hydrogens (primary N) is 1. The Morgan fingerprint density at radius 3 is 2.61 bits per heavy atom. The summed E-state index contributed by atoms with van der Waals surface area (Å²) in [6, 6.07) is 3.48. The third-order valence-corrected chi connectivity index (χ3v) is 5.71. The molecule has 4 rings (SSSR count). The Bertz CT molecular complexity index is 617. The molecule has 0 saturated heterocycles. The number of amides is 1. The molecule has 1 amide bonds. The van der Waals surface area contributed by atoms with Crippen LogP contribution in [0.2, 0.25) is 0 Å². The lowest BCUT2D eigenvalue weighted by Gasteiger charge is -2.38. The maximum absolute atomic E-state index is 12.7. The molecule has 0 aromatic heterocycles. The maximum Gasteiger partial charge on any atom is 0.231 e. The van der Waals surface area contributed by atoms with Gasteiger partial charge in [0.15, 0.2) is 11.5 Å². The topological polar surface area (TPSA) is 73.6 Å². The molecule has 3 unspecified atom stereocenters. The average Bonchev–Trinajstić information content (AvgIpc) is 3.01. The number of rotatable bonds is 2. The zero-order valence-corrected chi connectivity index (χ0v) is 13.3. The summed E-state index contributed by atoms with van der Waals surface area (Å²) in [4.78, 5) is 12.7. The molecule has 1 aromatic rings. The molecule has 2 saturated carbocycles. The van der Waals surface area contributed by atoms with Crippen molar-refractivity contribution in [3.63, 3.8) is 0 Å². The van der Waals surface area contributed by atoms with Gasteiger partial charge in [0, 0.05) is 18.1 Å². The van der Waals surface area contributed by atoms with Crippen LogP contribution in [0.1, 0.15) is 44.9 Å². The largest absolute Gasteiger partial charge is 0.454 e. The Morgan fingerprint density at radius 1 is 1.04 bits per heavy atom. The molecule has 0 radical (unpaired) electrons. The van der Waals surface area contributed by atoms with Crippen LogP contribution in [0.3, 0.4) is 0 Å². The molecule has 1 aliphatic heterocycles. The Hall–Kier alpha value is -1.91. The van der Waals surface area contributed by atoms with E-state index in [1.807, 2.05) is 0 Å². The van der Waals surface area contributed by atoms with E-state index >= 15 is 0 Å². The first-order valence-electron chi connectivity index (χ1n) is 8.70. The summed E-state index contributed by atoms with van der Waals surface area (Å²) in [5.41, 5.74) is 7.18. The number of hydrogen-bond acceptors (Lipinski definition) is 4. The molecular weight excluding hydrogens is 292 g/mol. The molecule has 5 heteroatoms. The first kappa shape index (κ1) is 14.7. The Morgan fingerprint density at radius 2 is 1.78 bits per heavy atom. The lowest BCUT2D eigenvalue weighted by Crippen LogP contribution is -2.34. The van der Waals surface area contributed by atoms with E-state index < -0.39 is 0 Å². The third kappa shape index (κ3) is 2.84. The summed E-state index contributed by atoms with van der Waals surface area (Å²) in [6.07, 6.45) is 8.56. The molecule has 3 aliphatic rings. The monoisotopic (exact) mass is 316 g/mol. The molecule has 2 fully saturated rings. The van der Waals surface area contributed by atoms with E-state index in [2.05, 4.69) is 5.32 Å². The summed E-state index contributed by atoms with van der Waals surface area (Å²) in [5.74, 6) is 3.08. The number of anilines is 2. The fourth-order valence-corrected chi connectivity index (χ4v) is 4.41. The van der Waals surface area contributed by atoms with E-state index in [1.54, 1.807) is 12.1 Å². The van der Waals surface area contributed by atoms with E-state index in [0.29, 0.717) is 22.9 Å². The zero-order chi connectivity index (χ0) is 15.8. The van der Waals surface area contributed by atoms with Gasteiger partial charge in [-0.25, -0.2) is 0 Å². The molecule has 5 nitrogen and oxygen atoms in total. The number of benzene rings is 1. The van der Waals surface area contributed by atoms with Gasteiger partial charge in [0.2, 0.25) is 12.7 Å². The number of nitrogens with one attached hydrogen (secondary N) is 1. The van der Waals surface area contributed by atoms with Crippen LogP contribution < -0.4 is 20.5 Å². The van der Waals surface area contributed by atoms with Crippen LogP contribution in [0.4, 0.5) is 11.4 Å². The van der Waals surface area contributed by atoms with E-state index in [1.165, 1.54) is 32.1 Å². The molecule has 0 bridgehead atoms. The van der Waals surface area contributed by atoms with Crippen LogP contribution in [0.5, 0.6) is 11.5 Å². The van der Waals surface area contributed by atoms with E-state index in [0.717, 1.165) is 24.7 Å². The van der Waals surface area contributed by atoms with E-state index in [9.17, 15) is 4.79 Å². The smallest absolute Gasteiger partial charge is 0.231 e. The van der Waals surface area contributed by atoms with Gasteiger partial charge in [0.25, 0.3) is 0 Å². The molecule has 0 spiro atoms. The van der Waals surface area contributed by atoms with Gasteiger partial charge < -0.3 is 20.5 Å². The predicted octanol–water partition coefficient (Wildman–Crippen LogP) is 3.54. The van der Waals surface area contributed by atoms with Crippen LogP contribution in [-0.2, 0) is 4.79 Å². The van der Waals surface area contributed by atoms with Gasteiger partial charge in [-0.3, -0.25) is 4.79 Å². The molecule has 23 heavy (non-hydrogen) atoms. The molecule has 124 valence electrons. The Labute approximate surface area is 136 Å². The number of ether oxygens (including phenoxy) is 2. The second-order valence-corrected chi connectivity index (χ2v) is 7.10. The molecule has 1 heterocycles.